The number of likely N-dealkylation sites (tertiary alicyclic amines) is 1. The van der Waals surface area contributed by atoms with Crippen LogP contribution in [0.1, 0.15) is 49.8 Å². The smallest absolute Gasteiger partial charge is 0.419 e. The highest BCUT2D eigenvalue weighted by atomic mass is 16.6. The Morgan fingerprint density at radius 1 is 1.23 bits per heavy atom. The van der Waals surface area contributed by atoms with Crippen molar-refractivity contribution in [2.24, 2.45) is 0 Å². The van der Waals surface area contributed by atoms with Crippen LogP contribution >= 0.6 is 0 Å². The van der Waals surface area contributed by atoms with Crippen LogP contribution in [0.15, 0.2) is 48.7 Å². The fraction of sp³-hybridized carbons (Fsp3) is 0.360. The lowest BCUT2D eigenvalue weighted by atomic mass is 9.93. The van der Waals surface area contributed by atoms with E-state index in [1.807, 2.05) is 57.3 Å². The summed E-state index contributed by atoms with van der Waals surface area (Å²) in [5.41, 5.74) is 10.1. The molecule has 1 aromatic heterocycles. The van der Waals surface area contributed by atoms with E-state index in [1.54, 1.807) is 4.57 Å². The molecule has 4 rings (SSSR count). The van der Waals surface area contributed by atoms with Crippen molar-refractivity contribution >= 4 is 28.9 Å². The first-order chi connectivity index (χ1) is 14.8. The Bertz CT molecular complexity index is 1130. The number of nitrogen functional groups attached to an aromatic ring is 1. The lowest BCUT2D eigenvalue weighted by Crippen LogP contribution is -2.26. The van der Waals surface area contributed by atoms with Gasteiger partial charge < -0.3 is 15.9 Å². The zero-order valence-corrected chi connectivity index (χ0v) is 18.4. The predicted octanol–water partition coefficient (Wildman–Crippen LogP) is 4.99. The van der Waals surface area contributed by atoms with E-state index in [4.69, 9.17) is 15.9 Å². The molecule has 162 valence electrons. The fourth-order valence-electron chi connectivity index (χ4n) is 4.43. The van der Waals surface area contributed by atoms with Crippen LogP contribution in [0.3, 0.4) is 0 Å². The predicted molar refractivity (Wildman–Crippen MR) is 125 cm³/mol. The number of nitrogens with zero attached hydrogens (tertiary/aromatic N) is 2. The number of hydrogen-bond acceptors (Lipinski definition) is 5. The van der Waals surface area contributed by atoms with E-state index < -0.39 is 5.60 Å². The van der Waals surface area contributed by atoms with Crippen LogP contribution in [0.2, 0.25) is 0 Å². The van der Waals surface area contributed by atoms with Gasteiger partial charge >= 0.3 is 6.09 Å². The molecule has 1 fully saturated rings. The molecule has 2 heterocycles. The first-order valence-electron chi connectivity index (χ1n) is 10.7. The highest BCUT2D eigenvalue weighted by molar-refractivity contribution is 5.92. The summed E-state index contributed by atoms with van der Waals surface area (Å²) in [6.07, 6.45) is 3.94. The van der Waals surface area contributed by atoms with E-state index in [9.17, 15) is 4.79 Å². The molecular formula is C25H30N4O2. The quantitative estimate of drug-likeness (QED) is 0.462. The SMILES string of the molecule is CC(C)(C)OC(=O)n1cc(CN2CCC(c3cccc(N)c3C=N)C2)c2ccccc21. The monoisotopic (exact) mass is 418 g/mol. The average Bonchev–Trinajstić information content (AvgIpc) is 3.32. The van der Waals surface area contributed by atoms with Crippen molar-refractivity contribution < 1.29 is 9.53 Å². The second kappa shape index (κ2) is 8.19. The highest BCUT2D eigenvalue weighted by Gasteiger charge is 2.27. The maximum atomic E-state index is 12.8. The van der Waals surface area contributed by atoms with Crippen molar-refractivity contribution in [1.29, 1.82) is 5.41 Å². The minimum atomic E-state index is -0.547. The summed E-state index contributed by atoms with van der Waals surface area (Å²) >= 11 is 0. The molecule has 1 aliphatic heterocycles. The zero-order chi connectivity index (χ0) is 22.2. The summed E-state index contributed by atoms with van der Waals surface area (Å²) in [6, 6.07) is 13.9. The van der Waals surface area contributed by atoms with E-state index in [0.717, 1.165) is 53.6 Å². The Kier molecular flexibility index (Phi) is 5.58. The molecule has 2 aromatic carbocycles. The van der Waals surface area contributed by atoms with Gasteiger partial charge in [-0.25, -0.2) is 4.79 Å². The Labute approximate surface area is 183 Å². The molecule has 1 aliphatic rings. The Morgan fingerprint density at radius 2 is 2.00 bits per heavy atom. The minimum absolute atomic E-state index is 0.347. The molecule has 0 bridgehead atoms. The maximum absolute atomic E-state index is 12.8. The number of anilines is 1. The van der Waals surface area contributed by atoms with E-state index >= 15 is 0 Å². The fourth-order valence-corrected chi connectivity index (χ4v) is 4.43. The van der Waals surface area contributed by atoms with Crippen LogP contribution in [0, 0.1) is 5.41 Å². The maximum Gasteiger partial charge on any atom is 0.419 e. The second-order valence-electron chi connectivity index (χ2n) is 9.24. The van der Waals surface area contributed by atoms with Gasteiger partial charge in [-0.3, -0.25) is 9.47 Å². The van der Waals surface area contributed by atoms with E-state index in [2.05, 4.69) is 17.0 Å². The molecule has 31 heavy (non-hydrogen) atoms. The average molecular weight is 419 g/mol. The third-order valence-corrected chi connectivity index (χ3v) is 5.81. The topological polar surface area (TPSA) is 84.3 Å². The summed E-state index contributed by atoms with van der Waals surface area (Å²) in [4.78, 5) is 15.2. The number of ether oxygens (including phenoxy) is 1. The van der Waals surface area contributed by atoms with E-state index in [0.29, 0.717) is 11.6 Å². The van der Waals surface area contributed by atoms with Gasteiger partial charge in [-0.05, 0) is 62.9 Å². The van der Waals surface area contributed by atoms with Crippen molar-refractivity contribution in [3.8, 4) is 0 Å². The Hall–Kier alpha value is -3.12. The molecule has 0 aliphatic carbocycles. The van der Waals surface area contributed by atoms with Crippen molar-refractivity contribution in [2.75, 3.05) is 18.8 Å². The summed E-state index contributed by atoms with van der Waals surface area (Å²) in [6.45, 7) is 8.25. The summed E-state index contributed by atoms with van der Waals surface area (Å²) in [5.74, 6) is 0.347. The summed E-state index contributed by atoms with van der Waals surface area (Å²) in [5, 5.41) is 8.82. The number of benzene rings is 2. The van der Waals surface area contributed by atoms with E-state index in [-0.39, 0.29) is 6.09 Å². The molecule has 1 unspecified atom stereocenters. The lowest BCUT2D eigenvalue weighted by Gasteiger charge is -2.19. The molecule has 1 atom stereocenters. The van der Waals surface area contributed by atoms with Crippen molar-refractivity contribution in [2.45, 2.75) is 45.3 Å². The molecule has 0 spiro atoms. The third-order valence-electron chi connectivity index (χ3n) is 5.81. The number of rotatable bonds is 4. The first kappa shape index (κ1) is 21.1. The summed E-state index contributed by atoms with van der Waals surface area (Å²) in [7, 11) is 0. The van der Waals surface area contributed by atoms with Crippen LogP contribution in [-0.4, -0.2) is 40.5 Å². The van der Waals surface area contributed by atoms with Gasteiger partial charge in [0.25, 0.3) is 0 Å². The van der Waals surface area contributed by atoms with Gasteiger partial charge in [-0.15, -0.1) is 0 Å². The highest BCUT2D eigenvalue weighted by Crippen LogP contribution is 2.33. The number of hydrogen-bond donors (Lipinski definition) is 2. The van der Waals surface area contributed by atoms with Crippen LogP contribution in [0.25, 0.3) is 10.9 Å². The number of aromatic nitrogens is 1. The van der Waals surface area contributed by atoms with Gasteiger partial charge in [0.05, 0.1) is 5.52 Å². The molecular weight excluding hydrogens is 388 g/mol. The van der Waals surface area contributed by atoms with Gasteiger partial charge in [-0.2, -0.15) is 0 Å². The third kappa shape index (κ3) is 4.35. The normalized spacial score (nSPS) is 17.2. The lowest BCUT2D eigenvalue weighted by molar-refractivity contribution is 0.0544. The van der Waals surface area contributed by atoms with Crippen LogP contribution in [0.5, 0.6) is 0 Å². The molecule has 3 aromatic rings. The second-order valence-corrected chi connectivity index (χ2v) is 9.24. The number of nitrogens with one attached hydrogen (secondary N) is 1. The first-order valence-corrected chi connectivity index (χ1v) is 10.7. The zero-order valence-electron chi connectivity index (χ0n) is 18.4. The Balaban J connectivity index is 1.57. The van der Waals surface area contributed by atoms with Gasteiger partial charge in [-0.1, -0.05) is 30.3 Å². The van der Waals surface area contributed by atoms with Gasteiger partial charge in [0.1, 0.15) is 5.60 Å². The standard InChI is InChI=1S/C25H30N4O2/c1-25(2,3)31-24(30)29-16-18(20-7-4-5-10-23(20)29)15-28-12-11-17(14-28)19-8-6-9-22(27)21(19)13-26/h4-10,13,16-17,26H,11-12,14-15,27H2,1-3H3. The number of fused-ring (bicyclic) bond motifs is 1. The largest absolute Gasteiger partial charge is 0.443 e. The van der Waals surface area contributed by atoms with Crippen molar-refractivity contribution in [1.82, 2.24) is 9.47 Å². The molecule has 0 amide bonds. The number of carbonyl (C=O) groups excluding carboxylic acids is 1. The van der Waals surface area contributed by atoms with Crippen LogP contribution < -0.4 is 5.73 Å². The van der Waals surface area contributed by atoms with Gasteiger partial charge in [0.2, 0.25) is 0 Å². The molecule has 3 N–H and O–H groups in total. The van der Waals surface area contributed by atoms with Gasteiger partial charge in [0, 0.05) is 42.1 Å². The van der Waals surface area contributed by atoms with E-state index in [1.165, 1.54) is 6.21 Å². The molecule has 0 radical (unpaired) electrons. The van der Waals surface area contributed by atoms with Crippen LogP contribution in [-0.2, 0) is 11.3 Å². The number of carbonyl (C=O) groups is 1. The number of para-hydroxylation sites is 1. The molecule has 6 nitrogen and oxygen atoms in total. The molecule has 1 saturated heterocycles. The van der Waals surface area contributed by atoms with Crippen molar-refractivity contribution in [3.05, 3.63) is 65.4 Å². The van der Waals surface area contributed by atoms with Crippen molar-refractivity contribution in [3.63, 3.8) is 0 Å². The van der Waals surface area contributed by atoms with Crippen LogP contribution in [0.4, 0.5) is 10.5 Å². The summed E-state index contributed by atoms with van der Waals surface area (Å²) < 4.78 is 7.22. The molecule has 6 heteroatoms. The molecule has 0 saturated carbocycles. The minimum Gasteiger partial charge on any atom is -0.443 e. The van der Waals surface area contributed by atoms with Gasteiger partial charge in [0.15, 0.2) is 0 Å². The Morgan fingerprint density at radius 3 is 2.74 bits per heavy atom. The number of nitrogens with two attached hydrogens (primary N) is 1.